The molecule has 4 heterocycles. The molecule has 0 saturated carbocycles. The minimum Gasteiger partial charge on any atom is -0.476 e. The van der Waals surface area contributed by atoms with Crippen LogP contribution in [0.25, 0.3) is 11.1 Å². The molecule has 0 unspecified atom stereocenters. The number of ether oxygens (including phenoxy) is 2. The number of carbonyl (C=O) groups excluding carboxylic acids is 1. The highest BCUT2D eigenvalue weighted by atomic mass is 19.1. The van der Waals surface area contributed by atoms with Crippen molar-refractivity contribution >= 4 is 17.4 Å². The first-order valence-electron chi connectivity index (χ1n) is 13.5. The van der Waals surface area contributed by atoms with Crippen LogP contribution < -0.4 is 20.3 Å². The van der Waals surface area contributed by atoms with Crippen molar-refractivity contribution in [2.75, 3.05) is 49.7 Å². The van der Waals surface area contributed by atoms with Crippen molar-refractivity contribution in [3.63, 3.8) is 0 Å². The summed E-state index contributed by atoms with van der Waals surface area (Å²) >= 11 is 0. The molecule has 5 rings (SSSR count). The van der Waals surface area contributed by atoms with E-state index in [9.17, 15) is 9.18 Å². The van der Waals surface area contributed by atoms with Crippen molar-refractivity contribution in [3.05, 3.63) is 65.5 Å². The summed E-state index contributed by atoms with van der Waals surface area (Å²) < 4.78 is 26.1. The Morgan fingerprint density at radius 1 is 1.21 bits per heavy atom. The number of aryl methyl sites for hydroxylation is 1. The zero-order valence-corrected chi connectivity index (χ0v) is 22.8. The number of nitrogens with zero attached hydrogens (tertiary/aromatic N) is 3. The smallest absolute Gasteiger partial charge is 0.255 e. The summed E-state index contributed by atoms with van der Waals surface area (Å²) in [6, 6.07) is 13.2. The summed E-state index contributed by atoms with van der Waals surface area (Å²) in [5, 5.41) is 6.42. The lowest BCUT2D eigenvalue weighted by molar-refractivity contribution is 0.102. The number of carbonyl (C=O) groups is 1. The summed E-state index contributed by atoms with van der Waals surface area (Å²) in [6.45, 7) is 9.31. The number of amides is 1. The number of hydrogen-bond acceptors (Lipinski definition) is 7. The van der Waals surface area contributed by atoms with Crippen molar-refractivity contribution in [1.29, 1.82) is 0 Å². The number of pyridine rings is 2. The molecular formula is C30H36FN5O3. The van der Waals surface area contributed by atoms with Crippen molar-refractivity contribution < 1.29 is 18.7 Å². The minimum absolute atomic E-state index is 0.215. The van der Waals surface area contributed by atoms with Gasteiger partial charge in [-0.15, -0.1) is 0 Å². The summed E-state index contributed by atoms with van der Waals surface area (Å²) in [7, 11) is 0. The van der Waals surface area contributed by atoms with Gasteiger partial charge in [0.2, 0.25) is 5.88 Å². The van der Waals surface area contributed by atoms with Gasteiger partial charge in [0.05, 0.1) is 18.9 Å². The highest BCUT2D eigenvalue weighted by Gasteiger charge is 2.22. The highest BCUT2D eigenvalue weighted by molar-refractivity contribution is 6.04. The Morgan fingerprint density at radius 2 is 2.03 bits per heavy atom. The van der Waals surface area contributed by atoms with E-state index in [2.05, 4.69) is 26.6 Å². The van der Waals surface area contributed by atoms with Crippen LogP contribution in [0.3, 0.4) is 0 Å². The van der Waals surface area contributed by atoms with Gasteiger partial charge in [-0.3, -0.25) is 9.78 Å². The number of nitrogens with one attached hydrogen (secondary N) is 2. The van der Waals surface area contributed by atoms with E-state index in [1.165, 1.54) is 26.1 Å². The Labute approximate surface area is 228 Å². The van der Waals surface area contributed by atoms with Gasteiger partial charge in [-0.1, -0.05) is 6.07 Å². The normalized spacial score (nSPS) is 17.7. The van der Waals surface area contributed by atoms with Gasteiger partial charge in [0, 0.05) is 42.6 Å². The third-order valence-corrected chi connectivity index (χ3v) is 7.16. The molecule has 1 atom stereocenters. The summed E-state index contributed by atoms with van der Waals surface area (Å²) in [5.41, 5.74) is 2.55. The molecule has 2 fully saturated rings. The van der Waals surface area contributed by atoms with E-state index in [-0.39, 0.29) is 11.6 Å². The Bertz CT molecular complexity index is 1310. The Kier molecular flexibility index (Phi) is 8.09. The summed E-state index contributed by atoms with van der Waals surface area (Å²) in [6.07, 6.45) is 3.71. The maximum absolute atomic E-state index is 14.4. The predicted molar refractivity (Wildman–Crippen MR) is 150 cm³/mol. The fourth-order valence-electron chi connectivity index (χ4n) is 4.87. The van der Waals surface area contributed by atoms with Gasteiger partial charge in [0.1, 0.15) is 18.1 Å². The molecule has 0 radical (unpaired) electrons. The number of hydrogen-bond donors (Lipinski definition) is 2. The molecule has 8 nitrogen and oxygen atoms in total. The molecule has 2 saturated heterocycles. The SMILES string of the molecule is Cc1ccc(NC(=O)c2ccnc(C(C)(C)F)c2)cc1-c1cc(OC[C@H]2CCCN2)nc(N2CCOCC2)c1. The lowest BCUT2D eigenvalue weighted by Gasteiger charge is -2.28. The first-order chi connectivity index (χ1) is 18.8. The van der Waals surface area contributed by atoms with E-state index in [4.69, 9.17) is 14.5 Å². The number of alkyl halides is 1. The quantitative estimate of drug-likeness (QED) is 0.427. The van der Waals surface area contributed by atoms with Gasteiger partial charge >= 0.3 is 0 Å². The molecule has 0 aliphatic carbocycles. The van der Waals surface area contributed by atoms with E-state index in [1.807, 2.05) is 31.2 Å². The van der Waals surface area contributed by atoms with Crippen LogP contribution in [0.5, 0.6) is 5.88 Å². The molecule has 0 spiro atoms. The van der Waals surface area contributed by atoms with Crippen molar-refractivity contribution in [2.45, 2.75) is 45.3 Å². The molecule has 39 heavy (non-hydrogen) atoms. The molecule has 2 aliphatic heterocycles. The maximum atomic E-state index is 14.4. The van der Waals surface area contributed by atoms with Crippen molar-refractivity contribution in [3.8, 4) is 17.0 Å². The number of rotatable bonds is 8. The second-order valence-electron chi connectivity index (χ2n) is 10.6. The Balaban J connectivity index is 1.42. The molecule has 1 amide bonds. The van der Waals surface area contributed by atoms with E-state index >= 15 is 0 Å². The largest absolute Gasteiger partial charge is 0.476 e. The second-order valence-corrected chi connectivity index (χ2v) is 10.6. The van der Waals surface area contributed by atoms with Gasteiger partial charge in [-0.2, -0.15) is 4.98 Å². The van der Waals surface area contributed by atoms with Crippen LogP contribution in [-0.2, 0) is 10.4 Å². The van der Waals surface area contributed by atoms with E-state index in [0.717, 1.165) is 55.0 Å². The van der Waals surface area contributed by atoms with Gasteiger partial charge < -0.3 is 25.0 Å². The minimum atomic E-state index is -1.64. The molecule has 2 aliphatic rings. The third-order valence-electron chi connectivity index (χ3n) is 7.16. The van der Waals surface area contributed by atoms with Crippen molar-refractivity contribution in [2.24, 2.45) is 0 Å². The number of aromatic nitrogens is 2. The van der Waals surface area contributed by atoms with Gasteiger partial charge in [-0.05, 0) is 87.2 Å². The average molecular weight is 534 g/mol. The number of anilines is 2. The number of morpholine rings is 1. The first kappa shape index (κ1) is 27.0. The van der Waals surface area contributed by atoms with Gasteiger partial charge in [0.25, 0.3) is 5.91 Å². The van der Waals surface area contributed by atoms with Gasteiger partial charge in [-0.25, -0.2) is 4.39 Å². The fraction of sp³-hybridized carbons (Fsp3) is 0.433. The van der Waals surface area contributed by atoms with Crippen LogP contribution in [0, 0.1) is 6.92 Å². The molecule has 9 heteroatoms. The monoisotopic (exact) mass is 533 g/mol. The standard InChI is InChI=1S/C30H36FN5O3/c1-20-6-7-23(34-29(37)21-8-10-33-26(15-21)30(2,3)31)18-25(20)22-16-27(36-11-13-38-14-12-36)35-28(17-22)39-19-24-5-4-9-32-24/h6-8,10,15-18,24,32H,4-5,9,11-14,19H2,1-3H3,(H,34,37)/t24-/m1/s1. The zero-order chi connectivity index (χ0) is 27.4. The van der Waals surface area contributed by atoms with E-state index < -0.39 is 5.67 Å². The van der Waals surface area contributed by atoms with Crippen molar-refractivity contribution in [1.82, 2.24) is 15.3 Å². The van der Waals surface area contributed by atoms with E-state index in [1.54, 1.807) is 6.07 Å². The molecule has 206 valence electrons. The van der Waals surface area contributed by atoms with Crippen LogP contribution in [0.2, 0.25) is 0 Å². The second kappa shape index (κ2) is 11.7. The topological polar surface area (TPSA) is 88.6 Å². The lowest BCUT2D eigenvalue weighted by Crippen LogP contribution is -2.36. The summed E-state index contributed by atoms with van der Waals surface area (Å²) in [4.78, 5) is 24.1. The van der Waals surface area contributed by atoms with Crippen LogP contribution in [0.4, 0.5) is 15.9 Å². The lowest BCUT2D eigenvalue weighted by atomic mass is 10.00. The number of benzene rings is 1. The highest BCUT2D eigenvalue weighted by Crippen LogP contribution is 2.32. The fourth-order valence-corrected chi connectivity index (χ4v) is 4.87. The van der Waals surface area contributed by atoms with Crippen LogP contribution in [0.1, 0.15) is 48.3 Å². The van der Waals surface area contributed by atoms with Gasteiger partial charge in [0.15, 0.2) is 0 Å². The van der Waals surface area contributed by atoms with Crippen LogP contribution in [-0.4, -0.2) is 61.4 Å². The van der Waals surface area contributed by atoms with Crippen LogP contribution >= 0.6 is 0 Å². The molecule has 1 aromatic carbocycles. The van der Waals surface area contributed by atoms with Crippen LogP contribution in [0.15, 0.2) is 48.7 Å². The zero-order valence-electron chi connectivity index (χ0n) is 22.8. The molecule has 0 bridgehead atoms. The first-order valence-corrected chi connectivity index (χ1v) is 13.5. The Morgan fingerprint density at radius 3 is 2.77 bits per heavy atom. The molecule has 2 N–H and O–H groups in total. The predicted octanol–water partition coefficient (Wildman–Crippen LogP) is 4.88. The molecule has 2 aromatic heterocycles. The van der Waals surface area contributed by atoms with E-state index in [0.29, 0.717) is 43.0 Å². The third kappa shape index (κ3) is 6.72. The Hall–Kier alpha value is -3.56. The molecule has 3 aromatic rings. The summed E-state index contributed by atoms with van der Waals surface area (Å²) in [5.74, 6) is 1.10. The maximum Gasteiger partial charge on any atom is 0.255 e. The average Bonchev–Trinajstić information content (AvgIpc) is 3.47. The number of halogens is 1. The molecular weight excluding hydrogens is 497 g/mol.